The topological polar surface area (TPSA) is 36.1 Å². The fourth-order valence-electron chi connectivity index (χ4n) is 2.73. The minimum atomic E-state index is 0.152. The lowest BCUT2D eigenvalue weighted by Gasteiger charge is -2.14. The maximum atomic E-state index is 12.4. The molecule has 0 spiro atoms. The first kappa shape index (κ1) is 11.3. The predicted molar refractivity (Wildman–Crippen MR) is 72.9 cm³/mol. The number of rotatable bonds is 1. The maximum Gasteiger partial charge on any atom is 0.270 e. The Morgan fingerprint density at radius 1 is 1.22 bits per heavy atom. The van der Waals surface area contributed by atoms with E-state index in [2.05, 4.69) is 30.1 Å². The first-order chi connectivity index (χ1) is 8.66. The Morgan fingerprint density at radius 3 is 2.67 bits per heavy atom. The standard InChI is InChI=1S/C15H18N2O/c1-10-5-6-13-12(9-10)11(2)14(16-13)15(18)17-7-3-4-8-17/h5-6,9,16H,3-4,7-8H2,1-2H3. The van der Waals surface area contributed by atoms with Crippen LogP contribution in [0.2, 0.25) is 0 Å². The first-order valence-corrected chi connectivity index (χ1v) is 6.55. The molecule has 0 radical (unpaired) electrons. The molecule has 2 aromatic rings. The summed E-state index contributed by atoms with van der Waals surface area (Å²) in [6, 6.07) is 6.27. The van der Waals surface area contributed by atoms with E-state index in [4.69, 9.17) is 0 Å². The number of amides is 1. The molecule has 2 heterocycles. The van der Waals surface area contributed by atoms with Gasteiger partial charge in [0.05, 0.1) is 0 Å². The molecule has 18 heavy (non-hydrogen) atoms. The molecule has 3 rings (SSSR count). The summed E-state index contributed by atoms with van der Waals surface area (Å²) < 4.78 is 0. The van der Waals surface area contributed by atoms with E-state index in [0.717, 1.165) is 48.1 Å². The molecule has 0 atom stereocenters. The molecule has 3 heteroatoms. The van der Waals surface area contributed by atoms with Crippen LogP contribution in [-0.4, -0.2) is 28.9 Å². The highest BCUT2D eigenvalue weighted by Gasteiger charge is 2.23. The van der Waals surface area contributed by atoms with Crippen LogP contribution in [0.4, 0.5) is 0 Å². The maximum absolute atomic E-state index is 12.4. The van der Waals surface area contributed by atoms with Crippen LogP contribution in [0.1, 0.15) is 34.5 Å². The molecule has 0 unspecified atom stereocenters. The number of fused-ring (bicyclic) bond motifs is 1. The van der Waals surface area contributed by atoms with Gasteiger partial charge in [-0.05, 0) is 44.4 Å². The van der Waals surface area contributed by atoms with Crippen molar-refractivity contribution in [1.82, 2.24) is 9.88 Å². The summed E-state index contributed by atoms with van der Waals surface area (Å²) in [4.78, 5) is 17.6. The van der Waals surface area contributed by atoms with E-state index in [-0.39, 0.29) is 5.91 Å². The van der Waals surface area contributed by atoms with E-state index in [1.54, 1.807) is 0 Å². The molecule has 0 saturated carbocycles. The normalized spacial score (nSPS) is 15.6. The van der Waals surface area contributed by atoms with E-state index in [1.807, 2.05) is 11.8 Å². The largest absolute Gasteiger partial charge is 0.350 e. The van der Waals surface area contributed by atoms with Gasteiger partial charge in [0.25, 0.3) is 5.91 Å². The van der Waals surface area contributed by atoms with Crippen molar-refractivity contribution in [1.29, 1.82) is 0 Å². The molecular weight excluding hydrogens is 224 g/mol. The minimum absolute atomic E-state index is 0.152. The third-order valence-electron chi connectivity index (χ3n) is 3.82. The number of nitrogens with zero attached hydrogens (tertiary/aromatic N) is 1. The zero-order valence-electron chi connectivity index (χ0n) is 10.9. The summed E-state index contributed by atoms with van der Waals surface area (Å²) in [7, 11) is 0. The summed E-state index contributed by atoms with van der Waals surface area (Å²) in [6.07, 6.45) is 2.26. The molecule has 1 aliphatic heterocycles. The average Bonchev–Trinajstić information content (AvgIpc) is 2.98. The second kappa shape index (κ2) is 4.16. The monoisotopic (exact) mass is 242 g/mol. The molecule has 1 aliphatic rings. The summed E-state index contributed by atoms with van der Waals surface area (Å²) in [5.41, 5.74) is 4.12. The van der Waals surface area contributed by atoms with Crippen molar-refractivity contribution in [2.75, 3.05) is 13.1 Å². The van der Waals surface area contributed by atoms with E-state index < -0.39 is 0 Å². The molecule has 0 bridgehead atoms. The molecule has 94 valence electrons. The lowest BCUT2D eigenvalue weighted by molar-refractivity contribution is 0.0787. The Hall–Kier alpha value is -1.77. The van der Waals surface area contributed by atoms with Gasteiger partial charge >= 0.3 is 0 Å². The number of aromatic amines is 1. The number of aromatic nitrogens is 1. The van der Waals surface area contributed by atoms with E-state index in [1.165, 1.54) is 5.56 Å². The molecule has 0 aliphatic carbocycles. The van der Waals surface area contributed by atoms with Crippen molar-refractivity contribution < 1.29 is 4.79 Å². The number of nitrogens with one attached hydrogen (secondary N) is 1. The van der Waals surface area contributed by atoms with Crippen LogP contribution < -0.4 is 0 Å². The van der Waals surface area contributed by atoms with Crippen molar-refractivity contribution in [2.24, 2.45) is 0 Å². The molecule has 1 fully saturated rings. The number of H-pyrrole nitrogens is 1. The molecular formula is C15H18N2O. The highest BCUT2D eigenvalue weighted by Crippen LogP contribution is 2.24. The van der Waals surface area contributed by atoms with Crippen molar-refractivity contribution in [3.8, 4) is 0 Å². The lowest BCUT2D eigenvalue weighted by Crippen LogP contribution is -2.28. The van der Waals surface area contributed by atoms with Gasteiger partial charge in [-0.25, -0.2) is 0 Å². The van der Waals surface area contributed by atoms with Crippen molar-refractivity contribution in [3.63, 3.8) is 0 Å². The summed E-state index contributed by atoms with van der Waals surface area (Å²) in [6.45, 7) is 5.90. The van der Waals surface area contributed by atoms with Gasteiger partial charge in [-0.3, -0.25) is 4.79 Å². The number of aryl methyl sites for hydroxylation is 2. The molecule has 3 nitrogen and oxygen atoms in total. The summed E-state index contributed by atoms with van der Waals surface area (Å²) >= 11 is 0. The van der Waals surface area contributed by atoms with Gasteiger partial charge in [0.1, 0.15) is 5.69 Å². The van der Waals surface area contributed by atoms with Crippen LogP contribution >= 0.6 is 0 Å². The van der Waals surface area contributed by atoms with Crippen LogP contribution in [-0.2, 0) is 0 Å². The Morgan fingerprint density at radius 2 is 1.94 bits per heavy atom. The van der Waals surface area contributed by atoms with Crippen molar-refractivity contribution in [3.05, 3.63) is 35.0 Å². The molecule has 1 amide bonds. The third-order valence-corrected chi connectivity index (χ3v) is 3.82. The van der Waals surface area contributed by atoms with Gasteiger partial charge in [0.15, 0.2) is 0 Å². The van der Waals surface area contributed by atoms with Crippen LogP contribution in [0, 0.1) is 13.8 Å². The van der Waals surface area contributed by atoms with Gasteiger partial charge in [-0.1, -0.05) is 11.6 Å². The SMILES string of the molecule is Cc1ccc2[nH]c(C(=O)N3CCCC3)c(C)c2c1. The van der Waals surface area contributed by atoms with E-state index >= 15 is 0 Å². The Bertz CT molecular complexity index is 606. The van der Waals surface area contributed by atoms with Crippen molar-refractivity contribution in [2.45, 2.75) is 26.7 Å². The second-order valence-corrected chi connectivity index (χ2v) is 5.17. The molecule has 1 aromatic heterocycles. The highest BCUT2D eigenvalue weighted by atomic mass is 16.2. The molecule has 1 aromatic carbocycles. The minimum Gasteiger partial charge on any atom is -0.350 e. The van der Waals surface area contributed by atoms with Gasteiger partial charge in [0, 0.05) is 24.0 Å². The van der Waals surface area contributed by atoms with Crippen LogP contribution in [0.5, 0.6) is 0 Å². The van der Waals surface area contributed by atoms with Gasteiger partial charge in [-0.2, -0.15) is 0 Å². The summed E-state index contributed by atoms with van der Waals surface area (Å²) in [5.74, 6) is 0.152. The fourth-order valence-corrected chi connectivity index (χ4v) is 2.73. The van der Waals surface area contributed by atoms with E-state index in [9.17, 15) is 4.79 Å². The van der Waals surface area contributed by atoms with E-state index in [0.29, 0.717) is 0 Å². The Balaban J connectivity index is 2.06. The van der Waals surface area contributed by atoms with Crippen LogP contribution in [0.25, 0.3) is 10.9 Å². The number of carbonyl (C=O) groups excluding carboxylic acids is 1. The zero-order valence-corrected chi connectivity index (χ0v) is 10.9. The molecule has 1 saturated heterocycles. The smallest absolute Gasteiger partial charge is 0.270 e. The number of likely N-dealkylation sites (tertiary alicyclic amines) is 1. The fraction of sp³-hybridized carbons (Fsp3) is 0.400. The second-order valence-electron chi connectivity index (χ2n) is 5.17. The number of hydrogen-bond acceptors (Lipinski definition) is 1. The van der Waals surface area contributed by atoms with Gasteiger partial charge in [0.2, 0.25) is 0 Å². The average molecular weight is 242 g/mol. The first-order valence-electron chi connectivity index (χ1n) is 6.55. The number of hydrogen-bond donors (Lipinski definition) is 1. The van der Waals surface area contributed by atoms with Gasteiger partial charge in [-0.15, -0.1) is 0 Å². The van der Waals surface area contributed by atoms with Crippen LogP contribution in [0.3, 0.4) is 0 Å². The van der Waals surface area contributed by atoms with Gasteiger partial charge < -0.3 is 9.88 Å². The predicted octanol–water partition coefficient (Wildman–Crippen LogP) is 3.02. The zero-order chi connectivity index (χ0) is 12.7. The summed E-state index contributed by atoms with van der Waals surface area (Å²) in [5, 5.41) is 1.16. The third kappa shape index (κ3) is 1.70. The Labute approximate surface area is 107 Å². The Kier molecular flexibility index (Phi) is 2.62. The lowest BCUT2D eigenvalue weighted by atomic mass is 10.1. The number of carbonyl (C=O) groups is 1. The number of benzene rings is 1. The van der Waals surface area contributed by atoms with Crippen molar-refractivity contribution >= 4 is 16.8 Å². The molecule has 1 N–H and O–H groups in total. The highest BCUT2D eigenvalue weighted by molar-refractivity contribution is 6.01. The van der Waals surface area contributed by atoms with Crippen LogP contribution in [0.15, 0.2) is 18.2 Å². The quantitative estimate of drug-likeness (QED) is 0.819.